The van der Waals surface area contributed by atoms with Crippen molar-refractivity contribution in [3.63, 3.8) is 0 Å². The van der Waals surface area contributed by atoms with Gasteiger partial charge in [0.25, 0.3) is 0 Å². The molecule has 1 fully saturated rings. The second kappa shape index (κ2) is 4.51. The highest BCUT2D eigenvalue weighted by molar-refractivity contribution is 4.76. The van der Waals surface area contributed by atoms with Gasteiger partial charge in [-0.3, -0.25) is 0 Å². The van der Waals surface area contributed by atoms with Crippen LogP contribution in [0.5, 0.6) is 0 Å². The smallest absolute Gasteiger partial charge is 0.0948 e. The van der Waals surface area contributed by atoms with Crippen LogP contribution >= 0.6 is 0 Å². The predicted octanol–water partition coefficient (Wildman–Crippen LogP) is 2.35. The molecule has 0 radical (unpaired) electrons. The minimum atomic E-state index is 0.199. The Hall–Kier alpha value is -0.500. The molecule has 0 bridgehead atoms. The maximum absolute atomic E-state index is 5.49. The first-order valence-electron chi connectivity index (χ1n) is 4.57. The Balaban J connectivity index is 2.36. The molecular formula is C10H18O2. The largest absolute Gasteiger partial charge is 0.501 e. The third-order valence-corrected chi connectivity index (χ3v) is 2.32. The SMILES string of the molecule is C=COCC1(C)CCCCOC1. The summed E-state index contributed by atoms with van der Waals surface area (Å²) in [4.78, 5) is 0. The lowest BCUT2D eigenvalue weighted by molar-refractivity contribution is 0.0257. The number of rotatable bonds is 3. The van der Waals surface area contributed by atoms with Gasteiger partial charge < -0.3 is 9.47 Å². The van der Waals surface area contributed by atoms with Gasteiger partial charge in [0, 0.05) is 12.0 Å². The fourth-order valence-electron chi connectivity index (χ4n) is 1.52. The molecule has 1 atom stereocenters. The molecule has 0 aromatic carbocycles. The zero-order valence-electron chi connectivity index (χ0n) is 7.84. The average molecular weight is 170 g/mol. The Morgan fingerprint density at radius 3 is 3.17 bits per heavy atom. The Morgan fingerprint density at radius 2 is 2.42 bits per heavy atom. The van der Waals surface area contributed by atoms with Crippen LogP contribution in [0.2, 0.25) is 0 Å². The van der Waals surface area contributed by atoms with Crippen molar-refractivity contribution in [2.75, 3.05) is 19.8 Å². The predicted molar refractivity (Wildman–Crippen MR) is 48.9 cm³/mol. The fourth-order valence-corrected chi connectivity index (χ4v) is 1.52. The first kappa shape index (κ1) is 9.59. The summed E-state index contributed by atoms with van der Waals surface area (Å²) in [7, 11) is 0. The van der Waals surface area contributed by atoms with E-state index in [0.717, 1.165) is 19.8 Å². The second-order valence-corrected chi connectivity index (χ2v) is 3.80. The number of hydrogen-bond acceptors (Lipinski definition) is 2. The molecule has 0 N–H and O–H groups in total. The topological polar surface area (TPSA) is 18.5 Å². The third-order valence-electron chi connectivity index (χ3n) is 2.32. The van der Waals surface area contributed by atoms with E-state index in [1.54, 1.807) is 0 Å². The molecule has 70 valence electrons. The first-order chi connectivity index (χ1) is 5.77. The molecule has 0 aliphatic carbocycles. The van der Waals surface area contributed by atoms with E-state index in [9.17, 15) is 0 Å². The summed E-state index contributed by atoms with van der Waals surface area (Å²) in [5, 5.41) is 0. The fraction of sp³-hybridized carbons (Fsp3) is 0.800. The highest BCUT2D eigenvalue weighted by atomic mass is 16.5. The lowest BCUT2D eigenvalue weighted by Gasteiger charge is -2.26. The van der Waals surface area contributed by atoms with E-state index < -0.39 is 0 Å². The second-order valence-electron chi connectivity index (χ2n) is 3.80. The normalized spacial score (nSPS) is 30.8. The third kappa shape index (κ3) is 2.86. The van der Waals surface area contributed by atoms with Gasteiger partial charge in [0.2, 0.25) is 0 Å². The lowest BCUT2D eigenvalue weighted by Crippen LogP contribution is -2.26. The number of hydrogen-bond donors (Lipinski definition) is 0. The minimum absolute atomic E-state index is 0.199. The van der Waals surface area contributed by atoms with E-state index in [2.05, 4.69) is 13.5 Å². The van der Waals surface area contributed by atoms with Gasteiger partial charge in [-0.05, 0) is 12.8 Å². The van der Waals surface area contributed by atoms with Crippen LogP contribution in [-0.2, 0) is 9.47 Å². The van der Waals surface area contributed by atoms with Crippen molar-refractivity contribution in [1.82, 2.24) is 0 Å². The molecule has 1 heterocycles. The van der Waals surface area contributed by atoms with E-state index in [-0.39, 0.29) is 5.41 Å². The van der Waals surface area contributed by atoms with Crippen molar-refractivity contribution in [1.29, 1.82) is 0 Å². The van der Waals surface area contributed by atoms with Crippen molar-refractivity contribution in [2.45, 2.75) is 26.2 Å². The first-order valence-corrected chi connectivity index (χ1v) is 4.57. The molecule has 1 saturated heterocycles. The van der Waals surface area contributed by atoms with Crippen molar-refractivity contribution in [3.8, 4) is 0 Å². The highest BCUT2D eigenvalue weighted by Gasteiger charge is 2.26. The van der Waals surface area contributed by atoms with E-state index in [1.165, 1.54) is 25.5 Å². The standard InChI is InChI=1S/C10H18O2/c1-3-11-8-10(2)6-4-5-7-12-9-10/h3H,1,4-9H2,2H3. The van der Waals surface area contributed by atoms with Crippen molar-refractivity contribution in [3.05, 3.63) is 12.8 Å². The van der Waals surface area contributed by atoms with E-state index in [0.29, 0.717) is 0 Å². The zero-order chi connectivity index (χ0) is 8.86. The summed E-state index contributed by atoms with van der Waals surface area (Å²) in [6.45, 7) is 8.21. The molecule has 0 spiro atoms. The summed E-state index contributed by atoms with van der Waals surface area (Å²) >= 11 is 0. The Kier molecular flexibility index (Phi) is 3.60. The Morgan fingerprint density at radius 1 is 1.58 bits per heavy atom. The van der Waals surface area contributed by atoms with Gasteiger partial charge in [-0.15, -0.1) is 0 Å². The van der Waals surface area contributed by atoms with Crippen molar-refractivity contribution >= 4 is 0 Å². The summed E-state index contributed by atoms with van der Waals surface area (Å²) in [5.74, 6) is 0. The van der Waals surface area contributed by atoms with Crippen molar-refractivity contribution in [2.24, 2.45) is 5.41 Å². The Bertz CT molecular complexity index is 135. The molecule has 0 aromatic rings. The van der Waals surface area contributed by atoms with Crippen LogP contribution in [0.4, 0.5) is 0 Å². The van der Waals surface area contributed by atoms with E-state index >= 15 is 0 Å². The van der Waals surface area contributed by atoms with E-state index in [1.807, 2.05) is 0 Å². The van der Waals surface area contributed by atoms with Gasteiger partial charge in [0.1, 0.15) is 0 Å². The summed E-state index contributed by atoms with van der Waals surface area (Å²) in [6.07, 6.45) is 5.14. The zero-order valence-corrected chi connectivity index (χ0v) is 7.84. The van der Waals surface area contributed by atoms with Crippen molar-refractivity contribution < 1.29 is 9.47 Å². The molecular weight excluding hydrogens is 152 g/mol. The molecule has 12 heavy (non-hydrogen) atoms. The Labute approximate surface area is 74.6 Å². The molecule has 0 saturated carbocycles. The monoisotopic (exact) mass is 170 g/mol. The van der Waals surface area contributed by atoms with Crippen LogP contribution in [0.3, 0.4) is 0 Å². The van der Waals surface area contributed by atoms with Gasteiger partial charge in [-0.1, -0.05) is 19.9 Å². The molecule has 1 rings (SSSR count). The van der Waals surface area contributed by atoms with E-state index in [4.69, 9.17) is 9.47 Å². The molecule has 2 heteroatoms. The van der Waals surface area contributed by atoms with Crippen LogP contribution in [0, 0.1) is 5.41 Å². The maximum Gasteiger partial charge on any atom is 0.0948 e. The maximum atomic E-state index is 5.49. The van der Waals surface area contributed by atoms with Gasteiger partial charge in [-0.2, -0.15) is 0 Å². The van der Waals surface area contributed by atoms with Crippen LogP contribution in [0.25, 0.3) is 0 Å². The van der Waals surface area contributed by atoms with Crippen LogP contribution in [0.15, 0.2) is 12.8 Å². The molecule has 0 aromatic heterocycles. The molecule has 0 amide bonds. The lowest BCUT2D eigenvalue weighted by atomic mass is 9.87. The van der Waals surface area contributed by atoms with Gasteiger partial charge in [0.05, 0.1) is 19.5 Å². The van der Waals surface area contributed by atoms with Crippen LogP contribution in [0.1, 0.15) is 26.2 Å². The minimum Gasteiger partial charge on any atom is -0.501 e. The van der Waals surface area contributed by atoms with Crippen LogP contribution < -0.4 is 0 Å². The highest BCUT2D eigenvalue weighted by Crippen LogP contribution is 2.27. The van der Waals surface area contributed by atoms with Gasteiger partial charge in [-0.25, -0.2) is 0 Å². The van der Waals surface area contributed by atoms with Gasteiger partial charge in [0.15, 0.2) is 0 Å². The number of ether oxygens (including phenoxy) is 2. The molecule has 1 aliphatic rings. The van der Waals surface area contributed by atoms with Crippen LogP contribution in [-0.4, -0.2) is 19.8 Å². The summed E-state index contributed by atoms with van der Waals surface area (Å²) in [6, 6.07) is 0. The summed E-state index contributed by atoms with van der Waals surface area (Å²) < 4.78 is 10.7. The molecule has 2 nitrogen and oxygen atoms in total. The quantitative estimate of drug-likeness (QED) is 0.605. The average Bonchev–Trinajstić information content (AvgIpc) is 2.27. The van der Waals surface area contributed by atoms with Gasteiger partial charge >= 0.3 is 0 Å². The molecule has 1 unspecified atom stereocenters. The summed E-state index contributed by atoms with van der Waals surface area (Å²) in [5.41, 5.74) is 0.199. The molecule has 1 aliphatic heterocycles.